The predicted octanol–water partition coefficient (Wildman–Crippen LogP) is 2.49. The lowest BCUT2D eigenvalue weighted by atomic mass is 10.0. The van der Waals surface area contributed by atoms with Crippen LogP contribution in [-0.4, -0.2) is 40.3 Å². The van der Waals surface area contributed by atoms with Crippen LogP contribution in [-0.2, 0) is 14.8 Å². The standard InChI is InChI=1S/C20H24N2O5S/c1-4-16(14-9-11-15(26-2)12-10-14)21-20(23)19-13-22(28(3,24)25)17-7-5-6-8-18(17)27-19/h5-12,16,19H,4,13H2,1-3H3,(H,21,23)/t16-,19-/m0/s1. The van der Waals surface area contributed by atoms with Crippen molar-refractivity contribution in [3.8, 4) is 11.5 Å². The van der Waals surface area contributed by atoms with Crippen molar-refractivity contribution < 1.29 is 22.7 Å². The first-order valence-electron chi connectivity index (χ1n) is 9.01. The summed E-state index contributed by atoms with van der Waals surface area (Å²) in [5.41, 5.74) is 1.38. The molecule has 1 N–H and O–H groups in total. The fourth-order valence-corrected chi connectivity index (χ4v) is 4.09. The van der Waals surface area contributed by atoms with Crippen molar-refractivity contribution in [2.45, 2.75) is 25.5 Å². The van der Waals surface area contributed by atoms with Gasteiger partial charge in [0.05, 0.1) is 31.6 Å². The third-order valence-electron chi connectivity index (χ3n) is 4.67. The highest BCUT2D eigenvalue weighted by Gasteiger charge is 2.35. The first-order chi connectivity index (χ1) is 13.3. The second kappa shape index (κ2) is 8.10. The van der Waals surface area contributed by atoms with E-state index in [1.165, 1.54) is 4.31 Å². The van der Waals surface area contributed by atoms with E-state index in [4.69, 9.17) is 9.47 Å². The maximum absolute atomic E-state index is 12.9. The Morgan fingerprint density at radius 3 is 2.54 bits per heavy atom. The number of nitrogens with zero attached hydrogens (tertiary/aromatic N) is 1. The predicted molar refractivity (Wildman–Crippen MR) is 107 cm³/mol. The van der Waals surface area contributed by atoms with Crippen LogP contribution in [0.1, 0.15) is 24.9 Å². The normalized spacial score (nSPS) is 17.2. The minimum Gasteiger partial charge on any atom is -0.497 e. The van der Waals surface area contributed by atoms with Gasteiger partial charge in [0.25, 0.3) is 5.91 Å². The molecule has 150 valence electrons. The number of carbonyl (C=O) groups is 1. The number of hydrogen-bond donors (Lipinski definition) is 1. The monoisotopic (exact) mass is 404 g/mol. The number of carbonyl (C=O) groups excluding carboxylic acids is 1. The van der Waals surface area contributed by atoms with Crippen molar-refractivity contribution in [1.29, 1.82) is 0 Å². The molecule has 1 aliphatic heterocycles. The van der Waals surface area contributed by atoms with Gasteiger partial charge in [-0.25, -0.2) is 8.42 Å². The minimum atomic E-state index is -3.54. The topological polar surface area (TPSA) is 84.9 Å². The SMILES string of the molecule is CC[C@H](NC(=O)[C@@H]1CN(S(C)(=O)=O)c2ccccc2O1)c1ccc(OC)cc1. The van der Waals surface area contributed by atoms with Crippen molar-refractivity contribution in [3.05, 3.63) is 54.1 Å². The molecule has 1 heterocycles. The van der Waals surface area contributed by atoms with Gasteiger partial charge in [-0.3, -0.25) is 9.10 Å². The van der Waals surface area contributed by atoms with Crippen molar-refractivity contribution >= 4 is 21.6 Å². The summed E-state index contributed by atoms with van der Waals surface area (Å²) in [6.07, 6.45) is 0.866. The molecule has 0 saturated heterocycles. The Morgan fingerprint density at radius 1 is 1.25 bits per heavy atom. The molecule has 2 aromatic rings. The Morgan fingerprint density at radius 2 is 1.93 bits per heavy atom. The van der Waals surface area contributed by atoms with Gasteiger partial charge in [0.1, 0.15) is 11.5 Å². The maximum Gasteiger partial charge on any atom is 0.263 e. The Kier molecular flexibility index (Phi) is 5.79. The Bertz CT molecular complexity index is 943. The molecule has 0 saturated carbocycles. The maximum atomic E-state index is 12.9. The lowest BCUT2D eigenvalue weighted by Gasteiger charge is -2.34. The quantitative estimate of drug-likeness (QED) is 0.800. The molecule has 0 radical (unpaired) electrons. The number of fused-ring (bicyclic) bond motifs is 1. The van der Waals surface area contributed by atoms with E-state index in [0.29, 0.717) is 17.9 Å². The highest BCUT2D eigenvalue weighted by Crippen LogP contribution is 2.34. The van der Waals surface area contributed by atoms with Crippen LogP contribution in [0.3, 0.4) is 0 Å². The number of rotatable bonds is 6. The van der Waals surface area contributed by atoms with E-state index in [9.17, 15) is 13.2 Å². The van der Waals surface area contributed by atoms with Gasteiger partial charge in [-0.1, -0.05) is 31.2 Å². The van der Waals surface area contributed by atoms with Gasteiger partial charge in [0.15, 0.2) is 6.10 Å². The molecular formula is C20H24N2O5S. The summed E-state index contributed by atoms with van der Waals surface area (Å²) in [7, 11) is -1.94. The van der Waals surface area contributed by atoms with Gasteiger partial charge in [0.2, 0.25) is 10.0 Å². The van der Waals surface area contributed by atoms with Crippen LogP contribution in [0.25, 0.3) is 0 Å². The van der Waals surface area contributed by atoms with E-state index in [1.807, 2.05) is 31.2 Å². The molecule has 3 rings (SSSR count). The van der Waals surface area contributed by atoms with Crippen LogP contribution in [0.15, 0.2) is 48.5 Å². The molecule has 2 aromatic carbocycles. The number of sulfonamides is 1. The fraction of sp³-hybridized carbons (Fsp3) is 0.350. The third kappa shape index (κ3) is 4.22. The number of ether oxygens (including phenoxy) is 2. The zero-order valence-electron chi connectivity index (χ0n) is 16.1. The van der Waals surface area contributed by atoms with Crippen molar-refractivity contribution in [2.24, 2.45) is 0 Å². The molecule has 0 fully saturated rings. The summed E-state index contributed by atoms with van der Waals surface area (Å²) < 4.78 is 36.6. The van der Waals surface area contributed by atoms with Gasteiger partial charge < -0.3 is 14.8 Å². The third-order valence-corrected chi connectivity index (χ3v) is 5.82. The van der Waals surface area contributed by atoms with Crippen LogP contribution in [0, 0.1) is 0 Å². The summed E-state index contributed by atoms with van der Waals surface area (Å²) in [5.74, 6) is 0.753. The van der Waals surface area contributed by atoms with Crippen molar-refractivity contribution in [2.75, 3.05) is 24.2 Å². The molecule has 0 spiro atoms. The number of para-hydroxylation sites is 2. The largest absolute Gasteiger partial charge is 0.497 e. The fourth-order valence-electron chi connectivity index (χ4n) is 3.17. The molecule has 8 heteroatoms. The van der Waals surface area contributed by atoms with E-state index < -0.39 is 16.1 Å². The molecule has 0 unspecified atom stereocenters. The van der Waals surface area contributed by atoms with Crippen molar-refractivity contribution in [3.63, 3.8) is 0 Å². The number of anilines is 1. The molecule has 0 bridgehead atoms. The number of methoxy groups -OCH3 is 1. The van der Waals surface area contributed by atoms with Crippen LogP contribution in [0.2, 0.25) is 0 Å². The molecule has 7 nitrogen and oxygen atoms in total. The van der Waals surface area contributed by atoms with Crippen LogP contribution < -0.4 is 19.1 Å². The Balaban J connectivity index is 1.79. The minimum absolute atomic E-state index is 0.0687. The van der Waals surface area contributed by atoms with E-state index in [-0.39, 0.29) is 18.5 Å². The molecule has 2 atom stereocenters. The summed E-state index contributed by atoms with van der Waals surface area (Å²) in [5, 5.41) is 2.97. The van der Waals surface area contributed by atoms with E-state index >= 15 is 0 Å². The molecule has 0 aliphatic carbocycles. The molecular weight excluding hydrogens is 380 g/mol. The number of hydrogen-bond acceptors (Lipinski definition) is 5. The van der Waals surface area contributed by atoms with Gasteiger partial charge in [-0.2, -0.15) is 0 Å². The number of amides is 1. The average molecular weight is 404 g/mol. The summed E-state index contributed by atoms with van der Waals surface area (Å²) in [4.78, 5) is 12.9. The zero-order valence-corrected chi connectivity index (χ0v) is 16.9. The van der Waals surface area contributed by atoms with Crippen molar-refractivity contribution in [1.82, 2.24) is 5.32 Å². The lowest BCUT2D eigenvalue weighted by molar-refractivity contribution is -0.128. The average Bonchev–Trinajstić information content (AvgIpc) is 2.70. The zero-order chi connectivity index (χ0) is 20.3. The van der Waals surface area contributed by atoms with E-state index in [0.717, 1.165) is 17.6 Å². The molecule has 1 amide bonds. The van der Waals surface area contributed by atoms with Crippen LogP contribution in [0.4, 0.5) is 5.69 Å². The second-order valence-corrected chi connectivity index (χ2v) is 8.52. The van der Waals surface area contributed by atoms with Crippen LogP contribution in [0.5, 0.6) is 11.5 Å². The Labute approximate surface area is 165 Å². The van der Waals surface area contributed by atoms with Gasteiger partial charge in [-0.05, 0) is 36.2 Å². The van der Waals surface area contributed by atoms with Gasteiger partial charge >= 0.3 is 0 Å². The van der Waals surface area contributed by atoms with Gasteiger partial charge in [0, 0.05) is 0 Å². The molecule has 28 heavy (non-hydrogen) atoms. The summed E-state index contributed by atoms with van der Waals surface area (Å²) >= 11 is 0. The summed E-state index contributed by atoms with van der Waals surface area (Å²) in [6, 6.07) is 14.0. The van der Waals surface area contributed by atoms with Crippen LogP contribution >= 0.6 is 0 Å². The van der Waals surface area contributed by atoms with Gasteiger partial charge in [-0.15, -0.1) is 0 Å². The summed E-state index contributed by atoms with van der Waals surface area (Å²) in [6.45, 7) is 1.90. The lowest BCUT2D eigenvalue weighted by Crippen LogP contribution is -2.51. The number of benzene rings is 2. The number of nitrogens with one attached hydrogen (secondary N) is 1. The van der Waals surface area contributed by atoms with E-state index in [1.54, 1.807) is 31.4 Å². The second-order valence-electron chi connectivity index (χ2n) is 6.61. The highest BCUT2D eigenvalue weighted by atomic mass is 32.2. The molecule has 0 aromatic heterocycles. The molecule has 1 aliphatic rings. The van der Waals surface area contributed by atoms with E-state index in [2.05, 4.69) is 5.32 Å². The Hall–Kier alpha value is -2.74. The first-order valence-corrected chi connectivity index (χ1v) is 10.9. The smallest absolute Gasteiger partial charge is 0.263 e. The highest BCUT2D eigenvalue weighted by molar-refractivity contribution is 7.92. The first kappa shape index (κ1) is 20.0.